The quantitative estimate of drug-likeness (QED) is 0.434. The molecule has 0 aromatic carbocycles. The summed E-state index contributed by atoms with van der Waals surface area (Å²) >= 11 is 0. The average molecular weight is 179 g/mol. The van der Waals surface area contributed by atoms with Gasteiger partial charge in [0.05, 0.1) is 18.0 Å². The van der Waals surface area contributed by atoms with Gasteiger partial charge in [0, 0.05) is 0 Å². The maximum Gasteiger partial charge on any atom is 1.00 e. The molecule has 0 bridgehead atoms. The molecule has 0 aromatic heterocycles. The number of carboxylic acid groups (broad SMARTS) is 1. The fourth-order valence-corrected chi connectivity index (χ4v) is 0.643. The first-order valence-corrected chi connectivity index (χ1v) is 3.32. The Balaban J connectivity index is 0. The predicted octanol–water partition coefficient (Wildman–Crippen LogP) is -2.93. The first-order chi connectivity index (χ1) is 4.72. The van der Waals surface area contributed by atoms with Crippen molar-refractivity contribution < 1.29 is 61.3 Å². The third-order valence-corrected chi connectivity index (χ3v) is 1.29. The summed E-state index contributed by atoms with van der Waals surface area (Å²) in [6, 6.07) is 1.67. The zero-order chi connectivity index (χ0) is 7.98. The van der Waals surface area contributed by atoms with Crippen molar-refractivity contribution in [1.82, 2.24) is 0 Å². The van der Waals surface area contributed by atoms with Gasteiger partial charge in [-0.2, -0.15) is 5.26 Å². The van der Waals surface area contributed by atoms with Crippen LogP contribution >= 0.6 is 0 Å². The Bertz CT molecular complexity index is 153. The molecule has 0 rings (SSSR count). The number of hydrogen-bond donors (Lipinski definition) is 0. The van der Waals surface area contributed by atoms with Crippen molar-refractivity contribution >= 4 is 5.97 Å². The van der Waals surface area contributed by atoms with Gasteiger partial charge >= 0.3 is 51.4 Å². The van der Waals surface area contributed by atoms with Gasteiger partial charge in [0.25, 0.3) is 0 Å². The number of rotatable bonds is 4. The summed E-state index contributed by atoms with van der Waals surface area (Å²) in [5.74, 6) is -2.17. The minimum atomic E-state index is -1.25. The van der Waals surface area contributed by atoms with Crippen molar-refractivity contribution in [3.63, 3.8) is 0 Å². The van der Waals surface area contributed by atoms with Crippen LogP contribution in [0.3, 0.4) is 0 Å². The molecule has 0 radical (unpaired) electrons. The van der Waals surface area contributed by atoms with E-state index in [-0.39, 0.29) is 51.4 Å². The van der Waals surface area contributed by atoms with Crippen LogP contribution in [0.25, 0.3) is 0 Å². The van der Waals surface area contributed by atoms with Gasteiger partial charge in [-0.3, -0.25) is 0 Å². The van der Waals surface area contributed by atoms with E-state index in [0.29, 0.717) is 6.42 Å². The van der Waals surface area contributed by atoms with E-state index in [1.807, 2.05) is 6.92 Å². The molecule has 0 aliphatic heterocycles. The van der Waals surface area contributed by atoms with Gasteiger partial charge < -0.3 is 9.90 Å². The van der Waals surface area contributed by atoms with Crippen LogP contribution in [0.4, 0.5) is 0 Å². The van der Waals surface area contributed by atoms with Crippen molar-refractivity contribution in [2.45, 2.75) is 26.2 Å². The molecule has 0 fully saturated rings. The number of carboxylic acids is 1. The second kappa shape index (κ2) is 8.69. The average Bonchev–Trinajstić information content (AvgIpc) is 1.89. The van der Waals surface area contributed by atoms with Crippen LogP contribution in [0, 0.1) is 17.2 Å². The number of carbonyl (C=O) groups is 1. The normalized spacial score (nSPS) is 10.9. The second-order valence-corrected chi connectivity index (χ2v) is 2.14. The Hall–Kier alpha value is 0.596. The summed E-state index contributed by atoms with van der Waals surface area (Å²) in [5, 5.41) is 18.4. The van der Waals surface area contributed by atoms with E-state index in [2.05, 4.69) is 0 Å². The zero-order valence-electron chi connectivity index (χ0n) is 6.96. The van der Waals surface area contributed by atoms with E-state index in [1.54, 1.807) is 6.07 Å². The van der Waals surface area contributed by atoms with E-state index in [0.717, 1.165) is 12.8 Å². The fourth-order valence-electron chi connectivity index (χ4n) is 0.643. The van der Waals surface area contributed by atoms with Gasteiger partial charge in [-0.25, -0.2) is 0 Å². The molecular formula is C7H10KNO2. The molecule has 0 aliphatic rings. The SMILES string of the molecule is CCCCC(C#N)C(=O)[O-].[K+]. The molecule has 11 heavy (non-hydrogen) atoms. The molecule has 1 unspecified atom stereocenters. The monoisotopic (exact) mass is 179 g/mol. The molecular weight excluding hydrogens is 169 g/mol. The molecule has 0 heterocycles. The van der Waals surface area contributed by atoms with E-state index in [9.17, 15) is 9.90 Å². The molecule has 56 valence electrons. The molecule has 0 amide bonds. The Morgan fingerprint density at radius 1 is 1.73 bits per heavy atom. The van der Waals surface area contributed by atoms with Crippen molar-refractivity contribution in [2.75, 3.05) is 0 Å². The van der Waals surface area contributed by atoms with E-state index in [4.69, 9.17) is 5.26 Å². The second-order valence-electron chi connectivity index (χ2n) is 2.14. The molecule has 0 aliphatic carbocycles. The third-order valence-electron chi connectivity index (χ3n) is 1.29. The Labute approximate surface area is 109 Å². The van der Waals surface area contributed by atoms with Crippen LogP contribution in [0.15, 0.2) is 0 Å². The Morgan fingerprint density at radius 3 is 2.55 bits per heavy atom. The minimum Gasteiger partial charge on any atom is -0.549 e. The summed E-state index contributed by atoms with van der Waals surface area (Å²) in [7, 11) is 0. The number of nitrogens with zero attached hydrogens (tertiary/aromatic N) is 1. The Morgan fingerprint density at radius 2 is 2.27 bits per heavy atom. The van der Waals surface area contributed by atoms with Gasteiger partial charge in [0.1, 0.15) is 0 Å². The molecule has 4 heteroatoms. The maximum atomic E-state index is 10.1. The van der Waals surface area contributed by atoms with Crippen LogP contribution in [0.5, 0.6) is 0 Å². The first kappa shape index (κ1) is 14.1. The van der Waals surface area contributed by atoms with Gasteiger partial charge in [0.2, 0.25) is 0 Å². The van der Waals surface area contributed by atoms with Crippen LogP contribution in [0.1, 0.15) is 26.2 Å². The Kier molecular flexibility index (Phi) is 11.2. The van der Waals surface area contributed by atoms with Crippen LogP contribution in [-0.2, 0) is 4.79 Å². The maximum absolute atomic E-state index is 10.1. The van der Waals surface area contributed by atoms with E-state index < -0.39 is 11.9 Å². The standard InChI is InChI=1S/C7H11NO2.K/c1-2-3-4-6(5-8)7(9)10;/h6H,2-4H2,1H3,(H,9,10);/q;+1/p-1. The van der Waals surface area contributed by atoms with Crippen LogP contribution in [0.2, 0.25) is 0 Å². The number of nitriles is 1. The largest absolute Gasteiger partial charge is 1.00 e. The van der Waals surface area contributed by atoms with E-state index in [1.165, 1.54) is 0 Å². The topological polar surface area (TPSA) is 63.9 Å². The number of aliphatic carboxylic acids is 1. The molecule has 3 nitrogen and oxygen atoms in total. The predicted molar refractivity (Wildman–Crippen MR) is 33.6 cm³/mol. The van der Waals surface area contributed by atoms with Crippen molar-refractivity contribution in [3.05, 3.63) is 0 Å². The number of carbonyl (C=O) groups excluding carboxylic acids is 1. The van der Waals surface area contributed by atoms with Gasteiger partial charge in [-0.1, -0.05) is 19.8 Å². The molecule has 0 saturated carbocycles. The molecule has 0 N–H and O–H groups in total. The van der Waals surface area contributed by atoms with Crippen molar-refractivity contribution in [1.29, 1.82) is 5.26 Å². The fraction of sp³-hybridized carbons (Fsp3) is 0.714. The zero-order valence-corrected chi connectivity index (χ0v) is 10.1. The number of unbranched alkanes of at least 4 members (excludes halogenated alkanes) is 1. The molecule has 1 atom stereocenters. The van der Waals surface area contributed by atoms with Gasteiger partial charge in [-0.05, 0) is 6.42 Å². The van der Waals surface area contributed by atoms with Crippen LogP contribution in [-0.4, -0.2) is 5.97 Å². The van der Waals surface area contributed by atoms with Gasteiger partial charge in [-0.15, -0.1) is 0 Å². The minimum absolute atomic E-state index is 0. The summed E-state index contributed by atoms with van der Waals surface area (Å²) in [5.41, 5.74) is 0. The summed E-state index contributed by atoms with van der Waals surface area (Å²) in [4.78, 5) is 10.1. The summed E-state index contributed by atoms with van der Waals surface area (Å²) in [6.45, 7) is 1.95. The molecule has 0 aromatic rings. The summed E-state index contributed by atoms with van der Waals surface area (Å²) in [6.07, 6.45) is 2.09. The van der Waals surface area contributed by atoms with Crippen molar-refractivity contribution in [3.8, 4) is 6.07 Å². The summed E-state index contributed by atoms with van der Waals surface area (Å²) < 4.78 is 0. The number of hydrogen-bond acceptors (Lipinski definition) is 3. The van der Waals surface area contributed by atoms with E-state index >= 15 is 0 Å². The molecule has 0 saturated heterocycles. The third kappa shape index (κ3) is 6.97. The molecule has 0 spiro atoms. The van der Waals surface area contributed by atoms with Crippen LogP contribution < -0.4 is 56.5 Å². The van der Waals surface area contributed by atoms with Crippen molar-refractivity contribution in [2.24, 2.45) is 5.92 Å². The van der Waals surface area contributed by atoms with Gasteiger partial charge in [0.15, 0.2) is 0 Å². The smallest absolute Gasteiger partial charge is 0.549 e. The first-order valence-electron chi connectivity index (χ1n) is 3.32.